The summed E-state index contributed by atoms with van der Waals surface area (Å²) in [5.74, 6) is 0.494. The Bertz CT molecular complexity index is 1790. The van der Waals surface area contributed by atoms with Crippen molar-refractivity contribution in [3.05, 3.63) is 99.6 Å². The van der Waals surface area contributed by atoms with E-state index in [0.29, 0.717) is 41.5 Å². The lowest BCUT2D eigenvalue weighted by Crippen LogP contribution is -2.19. The number of aryl methyl sites for hydroxylation is 2. The van der Waals surface area contributed by atoms with Crippen LogP contribution in [0.1, 0.15) is 104 Å². The number of benzene rings is 4. The second kappa shape index (κ2) is 13.2. The van der Waals surface area contributed by atoms with Crippen molar-refractivity contribution in [3.8, 4) is 51.0 Å². The highest BCUT2D eigenvalue weighted by Crippen LogP contribution is 2.50. The van der Waals surface area contributed by atoms with Crippen molar-refractivity contribution in [2.45, 2.75) is 98.8 Å². The van der Waals surface area contributed by atoms with Crippen LogP contribution in [0.5, 0.6) is 28.7 Å². The molecular weight excluding hydrogens is 572 g/mol. The highest BCUT2D eigenvalue weighted by atomic mass is 16.3. The predicted octanol–water partition coefficient (Wildman–Crippen LogP) is 10.5. The molecule has 0 aliphatic rings. The molecule has 0 saturated heterocycles. The lowest BCUT2D eigenvalue weighted by molar-refractivity contribution is 0.371. The van der Waals surface area contributed by atoms with E-state index in [9.17, 15) is 25.5 Å². The van der Waals surface area contributed by atoms with Crippen molar-refractivity contribution in [1.82, 2.24) is 0 Å². The number of allylic oxidation sites excluding steroid dienone is 1. The largest absolute Gasteiger partial charge is 0.507 e. The Morgan fingerprint density at radius 1 is 0.739 bits per heavy atom. The van der Waals surface area contributed by atoms with Gasteiger partial charge in [0.05, 0.1) is 0 Å². The molecule has 5 nitrogen and oxygen atoms in total. The molecule has 4 rings (SSSR count). The number of aromatic hydroxyl groups is 5. The normalized spacial score (nSPS) is 12.5. The SMILES string of the molecule is C=CCc1cc(-c2cc(C)ccc2O)c(O)c(C(C)(C)CCC(C)c2cc(-c3c(O)cc(C)c(C)c3C)cc(C(C)C)c2O)c1O. The third-order valence-corrected chi connectivity index (χ3v) is 9.79. The topological polar surface area (TPSA) is 101 Å². The molecule has 0 amide bonds. The Kier molecular flexibility index (Phi) is 9.86. The van der Waals surface area contributed by atoms with Gasteiger partial charge in [0.2, 0.25) is 0 Å². The van der Waals surface area contributed by atoms with Crippen LogP contribution in [-0.2, 0) is 11.8 Å². The van der Waals surface area contributed by atoms with E-state index in [0.717, 1.165) is 44.5 Å². The molecule has 0 aliphatic carbocycles. The molecule has 0 aromatic heterocycles. The van der Waals surface area contributed by atoms with E-state index in [1.807, 2.05) is 58.9 Å². The average Bonchev–Trinajstić information content (AvgIpc) is 2.98. The van der Waals surface area contributed by atoms with Gasteiger partial charge in [-0.3, -0.25) is 0 Å². The summed E-state index contributed by atoms with van der Waals surface area (Å²) in [4.78, 5) is 0. The summed E-state index contributed by atoms with van der Waals surface area (Å²) in [6, 6.07) is 12.8. The summed E-state index contributed by atoms with van der Waals surface area (Å²) in [5, 5.41) is 56.4. The Balaban J connectivity index is 1.78. The zero-order valence-corrected chi connectivity index (χ0v) is 28.8. The van der Waals surface area contributed by atoms with Gasteiger partial charge in [-0.1, -0.05) is 52.3 Å². The first-order valence-corrected chi connectivity index (χ1v) is 16.2. The molecule has 0 aliphatic heterocycles. The van der Waals surface area contributed by atoms with Gasteiger partial charge in [0.25, 0.3) is 0 Å². The van der Waals surface area contributed by atoms with Crippen LogP contribution in [0.2, 0.25) is 0 Å². The molecule has 244 valence electrons. The molecule has 0 spiro atoms. The Morgan fingerprint density at radius 2 is 1.39 bits per heavy atom. The fourth-order valence-corrected chi connectivity index (χ4v) is 6.66. The third-order valence-electron chi connectivity index (χ3n) is 9.79. The maximum Gasteiger partial charge on any atom is 0.130 e. The molecule has 5 N–H and O–H groups in total. The summed E-state index contributed by atoms with van der Waals surface area (Å²) in [6.07, 6.45) is 3.34. The van der Waals surface area contributed by atoms with Crippen molar-refractivity contribution >= 4 is 0 Å². The van der Waals surface area contributed by atoms with Gasteiger partial charge in [-0.05, 0) is 140 Å². The minimum atomic E-state index is -0.676. The summed E-state index contributed by atoms with van der Waals surface area (Å²) in [7, 11) is 0. The lowest BCUT2D eigenvalue weighted by atomic mass is 9.74. The van der Waals surface area contributed by atoms with Gasteiger partial charge in [-0.15, -0.1) is 6.58 Å². The maximum atomic E-state index is 11.7. The number of hydrogen-bond donors (Lipinski definition) is 5. The van der Waals surface area contributed by atoms with Crippen LogP contribution in [0.15, 0.2) is 55.1 Å². The standard InChI is InChI=1S/C41H50O5/c1-11-12-28-19-33(32-17-23(4)13-14-34(32)42)40(46)37(38(28)44)41(9,10)16-15-24(5)31-21-29(20-30(22(2)3)39(31)45)36-27(8)26(7)25(6)18-35(36)43/h11,13-14,17-22,24,42-46H,1,12,15-16H2,2-10H3. The van der Waals surface area contributed by atoms with Gasteiger partial charge in [-0.2, -0.15) is 0 Å². The number of phenols is 5. The first-order chi connectivity index (χ1) is 21.5. The average molecular weight is 623 g/mol. The zero-order chi connectivity index (χ0) is 34.2. The predicted molar refractivity (Wildman–Crippen MR) is 190 cm³/mol. The van der Waals surface area contributed by atoms with Crippen molar-refractivity contribution in [2.24, 2.45) is 0 Å². The Morgan fingerprint density at radius 3 is 2.02 bits per heavy atom. The molecule has 0 fully saturated rings. The monoisotopic (exact) mass is 622 g/mol. The van der Waals surface area contributed by atoms with Gasteiger partial charge in [0.15, 0.2) is 0 Å². The van der Waals surface area contributed by atoms with E-state index >= 15 is 0 Å². The van der Waals surface area contributed by atoms with Crippen LogP contribution < -0.4 is 0 Å². The summed E-state index contributed by atoms with van der Waals surface area (Å²) in [6.45, 7) is 22.0. The fraction of sp³-hybridized carbons (Fsp3) is 0.366. The van der Waals surface area contributed by atoms with E-state index in [2.05, 4.69) is 34.3 Å². The highest BCUT2D eigenvalue weighted by molar-refractivity contribution is 5.80. The smallest absolute Gasteiger partial charge is 0.130 e. The summed E-state index contributed by atoms with van der Waals surface area (Å²) in [5.41, 5.74) is 8.71. The zero-order valence-electron chi connectivity index (χ0n) is 28.8. The maximum absolute atomic E-state index is 11.7. The van der Waals surface area contributed by atoms with Crippen LogP contribution in [0, 0.1) is 27.7 Å². The lowest BCUT2D eigenvalue weighted by Gasteiger charge is -2.31. The Hall–Kier alpha value is -4.38. The van der Waals surface area contributed by atoms with Crippen LogP contribution >= 0.6 is 0 Å². The van der Waals surface area contributed by atoms with Crippen molar-refractivity contribution < 1.29 is 25.5 Å². The third kappa shape index (κ3) is 6.46. The minimum absolute atomic E-state index is 0.0265. The molecule has 4 aromatic carbocycles. The van der Waals surface area contributed by atoms with Gasteiger partial charge in [0.1, 0.15) is 28.7 Å². The number of phenolic OH excluding ortho intramolecular Hbond substituents is 5. The number of hydrogen-bond acceptors (Lipinski definition) is 5. The van der Waals surface area contributed by atoms with Gasteiger partial charge >= 0.3 is 0 Å². The van der Waals surface area contributed by atoms with Crippen LogP contribution in [0.4, 0.5) is 0 Å². The van der Waals surface area contributed by atoms with Crippen LogP contribution in [-0.4, -0.2) is 25.5 Å². The van der Waals surface area contributed by atoms with Crippen LogP contribution in [0.3, 0.4) is 0 Å². The molecule has 0 bridgehead atoms. The van der Waals surface area contributed by atoms with E-state index in [1.165, 1.54) is 0 Å². The van der Waals surface area contributed by atoms with Gasteiger partial charge in [-0.25, -0.2) is 0 Å². The summed E-state index contributed by atoms with van der Waals surface area (Å²) < 4.78 is 0. The molecule has 1 unspecified atom stereocenters. The first kappa shape index (κ1) is 34.5. The second-order valence-electron chi connectivity index (χ2n) is 14.0. The fourth-order valence-electron chi connectivity index (χ4n) is 6.66. The molecule has 5 heteroatoms. The molecular formula is C41H50O5. The molecule has 0 heterocycles. The van der Waals surface area contributed by atoms with Crippen molar-refractivity contribution in [1.29, 1.82) is 0 Å². The molecule has 0 saturated carbocycles. The van der Waals surface area contributed by atoms with Gasteiger partial charge in [0, 0.05) is 22.3 Å². The van der Waals surface area contributed by atoms with E-state index in [4.69, 9.17) is 0 Å². The molecule has 4 aromatic rings. The van der Waals surface area contributed by atoms with E-state index in [-0.39, 0.29) is 40.6 Å². The minimum Gasteiger partial charge on any atom is -0.507 e. The Labute approximate surface area is 274 Å². The molecule has 46 heavy (non-hydrogen) atoms. The second-order valence-corrected chi connectivity index (χ2v) is 14.0. The molecule has 0 radical (unpaired) electrons. The van der Waals surface area contributed by atoms with E-state index < -0.39 is 5.41 Å². The van der Waals surface area contributed by atoms with Gasteiger partial charge < -0.3 is 25.5 Å². The van der Waals surface area contributed by atoms with Crippen molar-refractivity contribution in [3.63, 3.8) is 0 Å². The quantitative estimate of drug-likeness (QED) is 0.113. The van der Waals surface area contributed by atoms with Crippen molar-refractivity contribution in [2.75, 3.05) is 0 Å². The van der Waals surface area contributed by atoms with Crippen LogP contribution in [0.25, 0.3) is 22.3 Å². The summed E-state index contributed by atoms with van der Waals surface area (Å²) >= 11 is 0. The highest BCUT2D eigenvalue weighted by Gasteiger charge is 2.32. The molecule has 1 atom stereocenters. The first-order valence-electron chi connectivity index (χ1n) is 16.2. The van der Waals surface area contributed by atoms with E-state index in [1.54, 1.807) is 24.3 Å². The number of rotatable bonds is 10.